The first kappa shape index (κ1) is 10.2. The van der Waals surface area contributed by atoms with Gasteiger partial charge in [-0.2, -0.15) is 0 Å². The van der Waals surface area contributed by atoms with E-state index < -0.39 is 0 Å². The van der Waals surface area contributed by atoms with Crippen LogP contribution in [0.4, 0.5) is 0 Å². The summed E-state index contributed by atoms with van der Waals surface area (Å²) in [5.41, 5.74) is 1.05. The molecule has 3 nitrogen and oxygen atoms in total. The van der Waals surface area contributed by atoms with Gasteiger partial charge in [-0.1, -0.05) is 18.7 Å². The fraction of sp³-hybridized carbons (Fsp3) is 0.273. The minimum Gasteiger partial charge on any atom is -0.468 e. The second-order valence-corrected chi connectivity index (χ2v) is 3.99. The molecule has 0 radical (unpaired) electrons. The predicted molar refractivity (Wildman–Crippen MR) is 59.7 cm³/mol. The van der Waals surface area contributed by atoms with Crippen LogP contribution in [0.5, 0.6) is 0 Å². The number of nitrogens with zero attached hydrogens (tertiary/aromatic N) is 2. The van der Waals surface area contributed by atoms with Crippen LogP contribution in [0.3, 0.4) is 0 Å². The van der Waals surface area contributed by atoms with Gasteiger partial charge in [0.1, 0.15) is 10.8 Å². The lowest BCUT2D eigenvalue weighted by molar-refractivity contribution is 0.530. The smallest absolute Gasteiger partial charge is 0.118 e. The second kappa shape index (κ2) is 4.98. The van der Waals surface area contributed by atoms with Gasteiger partial charge >= 0.3 is 0 Å². The van der Waals surface area contributed by atoms with Crippen molar-refractivity contribution in [1.29, 1.82) is 0 Å². The number of furan rings is 1. The van der Waals surface area contributed by atoms with Crippen LogP contribution < -0.4 is 0 Å². The lowest BCUT2D eigenvalue weighted by Gasteiger charge is -2.02. The summed E-state index contributed by atoms with van der Waals surface area (Å²) < 4.78 is 5.26. The molecule has 0 aliphatic heterocycles. The van der Waals surface area contributed by atoms with Crippen molar-refractivity contribution in [2.24, 2.45) is 0 Å². The molecular formula is C11H12N2OS. The maximum Gasteiger partial charge on any atom is 0.118 e. The van der Waals surface area contributed by atoms with E-state index in [4.69, 9.17) is 4.42 Å². The summed E-state index contributed by atoms with van der Waals surface area (Å²) in [7, 11) is 0. The molecule has 0 aliphatic rings. The summed E-state index contributed by atoms with van der Waals surface area (Å²) in [6, 6.07) is 3.86. The van der Waals surface area contributed by atoms with E-state index in [2.05, 4.69) is 16.9 Å². The molecule has 0 atom stereocenters. The van der Waals surface area contributed by atoms with Crippen molar-refractivity contribution < 1.29 is 4.42 Å². The molecule has 0 saturated heterocycles. The van der Waals surface area contributed by atoms with Gasteiger partial charge in [0.15, 0.2) is 0 Å². The minimum atomic E-state index is 0.804. The Labute approximate surface area is 92.9 Å². The Hall–Kier alpha value is -1.29. The lowest BCUT2D eigenvalue weighted by atomic mass is 10.4. The average Bonchev–Trinajstić information content (AvgIpc) is 2.79. The predicted octanol–water partition coefficient (Wildman–Crippen LogP) is 2.92. The normalized spacial score (nSPS) is 10.5. The first-order valence-corrected chi connectivity index (χ1v) is 5.83. The van der Waals surface area contributed by atoms with Gasteiger partial charge in [-0.25, -0.2) is 4.98 Å². The van der Waals surface area contributed by atoms with Gasteiger partial charge in [0.05, 0.1) is 17.7 Å². The van der Waals surface area contributed by atoms with Crippen LogP contribution in [0, 0.1) is 0 Å². The highest BCUT2D eigenvalue weighted by atomic mass is 32.2. The summed E-state index contributed by atoms with van der Waals surface area (Å²) in [5, 5.41) is 0.997. The Bertz CT molecular complexity index is 414. The van der Waals surface area contributed by atoms with Crippen molar-refractivity contribution in [3.8, 4) is 0 Å². The molecule has 0 unspecified atom stereocenters. The summed E-state index contributed by atoms with van der Waals surface area (Å²) in [5.74, 6) is 1.77. The maximum atomic E-state index is 5.26. The molecule has 0 aromatic carbocycles. The van der Waals surface area contributed by atoms with Crippen LogP contribution in [-0.2, 0) is 12.2 Å². The van der Waals surface area contributed by atoms with Crippen molar-refractivity contribution in [1.82, 2.24) is 9.97 Å². The van der Waals surface area contributed by atoms with E-state index in [1.165, 1.54) is 0 Å². The van der Waals surface area contributed by atoms with E-state index >= 15 is 0 Å². The van der Waals surface area contributed by atoms with E-state index in [9.17, 15) is 0 Å². The fourth-order valence-electron chi connectivity index (χ4n) is 1.25. The topological polar surface area (TPSA) is 38.9 Å². The molecule has 0 bridgehead atoms. The molecule has 2 rings (SSSR count). The third kappa shape index (κ3) is 2.59. The van der Waals surface area contributed by atoms with Crippen molar-refractivity contribution in [2.75, 3.05) is 0 Å². The number of thioether (sulfide) groups is 1. The van der Waals surface area contributed by atoms with Gasteiger partial charge in [0, 0.05) is 12.4 Å². The van der Waals surface area contributed by atoms with Crippen molar-refractivity contribution in [2.45, 2.75) is 24.1 Å². The van der Waals surface area contributed by atoms with Crippen molar-refractivity contribution in [3.05, 3.63) is 42.2 Å². The number of hydrogen-bond acceptors (Lipinski definition) is 4. The molecule has 0 spiro atoms. The molecule has 2 aromatic heterocycles. The first-order chi connectivity index (χ1) is 7.40. The number of aromatic nitrogens is 2. The molecule has 0 amide bonds. The molecular weight excluding hydrogens is 208 g/mol. The largest absolute Gasteiger partial charge is 0.468 e. The highest BCUT2D eigenvalue weighted by Gasteiger charge is 2.04. The van der Waals surface area contributed by atoms with Crippen LogP contribution in [0.15, 0.2) is 40.2 Å². The van der Waals surface area contributed by atoms with Gasteiger partial charge in [0.25, 0.3) is 0 Å². The number of rotatable bonds is 4. The molecule has 0 N–H and O–H groups in total. The summed E-state index contributed by atoms with van der Waals surface area (Å²) >= 11 is 1.66. The summed E-state index contributed by atoms with van der Waals surface area (Å²) in [6.45, 7) is 2.08. The zero-order chi connectivity index (χ0) is 10.5. The number of hydrogen-bond donors (Lipinski definition) is 0. The van der Waals surface area contributed by atoms with Gasteiger partial charge in [-0.15, -0.1) is 0 Å². The average molecular weight is 220 g/mol. The second-order valence-electron chi connectivity index (χ2n) is 3.03. The monoisotopic (exact) mass is 220 g/mol. The van der Waals surface area contributed by atoms with E-state index in [-0.39, 0.29) is 0 Å². The molecule has 0 fully saturated rings. The van der Waals surface area contributed by atoms with E-state index in [1.54, 1.807) is 30.4 Å². The Balaban J connectivity index is 2.04. The Kier molecular flexibility index (Phi) is 3.40. The van der Waals surface area contributed by atoms with Gasteiger partial charge < -0.3 is 4.42 Å². The zero-order valence-electron chi connectivity index (χ0n) is 8.51. The summed E-state index contributed by atoms with van der Waals surface area (Å²) in [6.07, 6.45) is 6.06. The fourth-order valence-corrected chi connectivity index (χ4v) is 2.19. The Morgan fingerprint density at radius 1 is 1.33 bits per heavy atom. The standard InChI is InChI=1S/C11H12N2OS/c1-2-10-11(13-6-5-12-10)15-8-9-4-3-7-14-9/h3-7H,2,8H2,1H3. The Morgan fingerprint density at radius 2 is 2.20 bits per heavy atom. The van der Waals surface area contributed by atoms with Crippen LogP contribution in [0.2, 0.25) is 0 Å². The SMILES string of the molecule is CCc1nccnc1SCc1ccco1. The highest BCUT2D eigenvalue weighted by Crippen LogP contribution is 2.23. The molecule has 0 aliphatic carbocycles. The molecule has 78 valence electrons. The zero-order valence-corrected chi connectivity index (χ0v) is 9.33. The first-order valence-electron chi connectivity index (χ1n) is 4.85. The summed E-state index contributed by atoms with van der Waals surface area (Å²) in [4.78, 5) is 8.59. The van der Waals surface area contributed by atoms with Crippen LogP contribution in [0.25, 0.3) is 0 Å². The minimum absolute atomic E-state index is 0.804. The molecule has 0 saturated carbocycles. The Morgan fingerprint density at radius 3 is 2.93 bits per heavy atom. The molecule has 15 heavy (non-hydrogen) atoms. The highest BCUT2D eigenvalue weighted by molar-refractivity contribution is 7.98. The van der Waals surface area contributed by atoms with Crippen LogP contribution in [-0.4, -0.2) is 9.97 Å². The quantitative estimate of drug-likeness (QED) is 0.743. The van der Waals surface area contributed by atoms with Crippen molar-refractivity contribution >= 4 is 11.8 Å². The van der Waals surface area contributed by atoms with E-state index in [1.807, 2.05) is 12.1 Å². The van der Waals surface area contributed by atoms with Crippen molar-refractivity contribution in [3.63, 3.8) is 0 Å². The third-order valence-electron chi connectivity index (χ3n) is 2.00. The van der Waals surface area contributed by atoms with Crippen LogP contribution >= 0.6 is 11.8 Å². The van der Waals surface area contributed by atoms with E-state index in [0.717, 1.165) is 28.7 Å². The van der Waals surface area contributed by atoms with Gasteiger partial charge in [-0.05, 0) is 18.6 Å². The van der Waals surface area contributed by atoms with E-state index in [0.29, 0.717) is 0 Å². The molecule has 2 heterocycles. The lowest BCUT2D eigenvalue weighted by Crippen LogP contribution is -1.93. The van der Waals surface area contributed by atoms with Crippen LogP contribution in [0.1, 0.15) is 18.4 Å². The molecule has 4 heteroatoms. The number of aryl methyl sites for hydroxylation is 1. The van der Waals surface area contributed by atoms with Gasteiger partial charge in [0.2, 0.25) is 0 Å². The van der Waals surface area contributed by atoms with Gasteiger partial charge in [-0.3, -0.25) is 4.98 Å². The third-order valence-corrected chi connectivity index (χ3v) is 3.05. The molecule has 2 aromatic rings. The maximum absolute atomic E-state index is 5.26.